The third kappa shape index (κ3) is 5.55. The maximum atomic E-state index is 5.60. The Balaban J connectivity index is 2.64. The van der Waals surface area contributed by atoms with E-state index in [4.69, 9.17) is 32.7 Å². The zero-order valence-electron chi connectivity index (χ0n) is 9.73. The summed E-state index contributed by atoms with van der Waals surface area (Å²) in [6.45, 7) is 1.20. The molecule has 0 aliphatic carbocycles. The monoisotopic (exact) mass is 418 g/mol. The molecule has 1 rings (SSSR count). The summed E-state index contributed by atoms with van der Waals surface area (Å²) >= 11 is 18.1. The minimum absolute atomic E-state index is 0.596. The van der Waals surface area contributed by atoms with Crippen molar-refractivity contribution in [1.82, 2.24) is 0 Å². The Morgan fingerprint density at radius 3 is 1.56 bits per heavy atom. The molecule has 0 saturated heterocycles. The van der Waals surface area contributed by atoms with Crippen LogP contribution in [0.2, 0.25) is 0 Å². The Labute approximate surface area is 134 Å². The third-order valence-corrected chi connectivity index (χ3v) is 3.83. The molecule has 0 bridgehead atoms. The van der Waals surface area contributed by atoms with Gasteiger partial charge in [-0.25, -0.2) is 0 Å². The molecule has 0 aromatic heterocycles. The summed E-state index contributed by atoms with van der Waals surface area (Å²) in [5, 5.41) is 0. The predicted octanol–water partition coefficient (Wildman–Crippen LogP) is 5.23. The van der Waals surface area contributed by atoms with Crippen LogP contribution >= 0.6 is 55.1 Å². The first-order valence-corrected chi connectivity index (χ1v) is 8.21. The summed E-state index contributed by atoms with van der Waals surface area (Å²) in [6, 6.07) is 3.77. The smallest absolute Gasteiger partial charge is 0.134 e. The molecule has 0 N–H and O–H groups in total. The third-order valence-electron chi connectivity index (χ3n) is 2.06. The fraction of sp³-hybridized carbons (Fsp3) is 0.500. The number of hydrogen-bond acceptors (Lipinski definition) is 2. The molecular formula is C12H14Br2Cl2O2. The molecule has 0 aliphatic heterocycles. The van der Waals surface area contributed by atoms with Gasteiger partial charge in [-0.3, -0.25) is 0 Å². The van der Waals surface area contributed by atoms with Crippen molar-refractivity contribution < 1.29 is 9.47 Å². The zero-order chi connectivity index (χ0) is 13.4. The van der Waals surface area contributed by atoms with E-state index in [0.717, 1.165) is 33.3 Å². The standard InChI is InChI=1S/C12H14Br2Cl2O2/c13-9-8-12(18-6-2-4-16)10(14)7-11(9)17-5-1-3-15/h7-8H,1-6H2. The molecular weight excluding hydrogens is 407 g/mol. The average Bonchev–Trinajstić information content (AvgIpc) is 2.35. The topological polar surface area (TPSA) is 18.5 Å². The van der Waals surface area contributed by atoms with E-state index in [1.807, 2.05) is 12.1 Å². The lowest BCUT2D eigenvalue weighted by atomic mass is 10.3. The van der Waals surface area contributed by atoms with Crippen molar-refractivity contribution in [2.24, 2.45) is 0 Å². The van der Waals surface area contributed by atoms with Crippen LogP contribution in [0, 0.1) is 0 Å². The fourth-order valence-electron chi connectivity index (χ4n) is 1.20. The van der Waals surface area contributed by atoms with Crippen LogP contribution < -0.4 is 9.47 Å². The minimum Gasteiger partial charge on any atom is -0.492 e. The van der Waals surface area contributed by atoms with Crippen LogP contribution in [-0.4, -0.2) is 25.0 Å². The second-order valence-electron chi connectivity index (χ2n) is 3.50. The van der Waals surface area contributed by atoms with Crippen LogP contribution in [0.4, 0.5) is 0 Å². The van der Waals surface area contributed by atoms with Crippen molar-refractivity contribution in [3.05, 3.63) is 21.1 Å². The van der Waals surface area contributed by atoms with Gasteiger partial charge in [-0.1, -0.05) is 0 Å². The second kappa shape index (κ2) is 9.29. The van der Waals surface area contributed by atoms with E-state index in [1.54, 1.807) is 0 Å². The maximum absolute atomic E-state index is 5.60. The van der Waals surface area contributed by atoms with Gasteiger partial charge in [-0.2, -0.15) is 0 Å². The van der Waals surface area contributed by atoms with E-state index in [9.17, 15) is 0 Å². The predicted molar refractivity (Wildman–Crippen MR) is 83.5 cm³/mol. The number of benzene rings is 1. The molecule has 2 nitrogen and oxygen atoms in total. The molecule has 0 spiro atoms. The summed E-state index contributed by atoms with van der Waals surface area (Å²) in [4.78, 5) is 0. The van der Waals surface area contributed by atoms with Crippen molar-refractivity contribution in [3.63, 3.8) is 0 Å². The first-order chi connectivity index (χ1) is 8.69. The molecule has 0 unspecified atom stereocenters. The highest BCUT2D eigenvalue weighted by atomic mass is 79.9. The largest absolute Gasteiger partial charge is 0.492 e. The SMILES string of the molecule is ClCCCOc1cc(Br)c(OCCCCl)cc1Br. The van der Waals surface area contributed by atoms with Crippen molar-refractivity contribution in [2.75, 3.05) is 25.0 Å². The van der Waals surface area contributed by atoms with Crippen LogP contribution in [0.5, 0.6) is 11.5 Å². The molecule has 102 valence electrons. The van der Waals surface area contributed by atoms with E-state index >= 15 is 0 Å². The van der Waals surface area contributed by atoms with Crippen molar-refractivity contribution in [3.8, 4) is 11.5 Å². The lowest BCUT2D eigenvalue weighted by molar-refractivity contribution is 0.306. The van der Waals surface area contributed by atoms with Crippen LogP contribution in [-0.2, 0) is 0 Å². The first-order valence-electron chi connectivity index (χ1n) is 5.55. The van der Waals surface area contributed by atoms with E-state index in [0.29, 0.717) is 25.0 Å². The van der Waals surface area contributed by atoms with Gasteiger partial charge in [0, 0.05) is 11.8 Å². The van der Waals surface area contributed by atoms with Gasteiger partial charge in [0.05, 0.1) is 22.2 Å². The summed E-state index contributed by atoms with van der Waals surface area (Å²) in [5.41, 5.74) is 0. The lowest BCUT2D eigenvalue weighted by Gasteiger charge is -2.12. The van der Waals surface area contributed by atoms with Crippen molar-refractivity contribution in [2.45, 2.75) is 12.8 Å². The van der Waals surface area contributed by atoms with E-state index in [1.165, 1.54) is 0 Å². The summed E-state index contributed by atoms with van der Waals surface area (Å²) in [6.07, 6.45) is 1.64. The molecule has 6 heteroatoms. The highest BCUT2D eigenvalue weighted by Gasteiger charge is 2.08. The molecule has 0 fully saturated rings. The number of alkyl halides is 2. The summed E-state index contributed by atoms with van der Waals surface area (Å²) in [5.74, 6) is 2.74. The fourth-order valence-corrected chi connectivity index (χ4v) is 2.30. The van der Waals surface area contributed by atoms with Gasteiger partial charge < -0.3 is 9.47 Å². The quantitative estimate of drug-likeness (QED) is 0.423. The zero-order valence-corrected chi connectivity index (χ0v) is 14.4. The second-order valence-corrected chi connectivity index (χ2v) is 5.96. The first kappa shape index (κ1) is 16.4. The minimum atomic E-state index is 0.596. The molecule has 1 aromatic carbocycles. The van der Waals surface area contributed by atoms with E-state index in [-0.39, 0.29) is 0 Å². The van der Waals surface area contributed by atoms with Gasteiger partial charge >= 0.3 is 0 Å². The maximum Gasteiger partial charge on any atom is 0.134 e. The average molecular weight is 421 g/mol. The van der Waals surface area contributed by atoms with Gasteiger partial charge in [0.2, 0.25) is 0 Å². The molecule has 0 amide bonds. The Morgan fingerprint density at radius 1 is 0.833 bits per heavy atom. The normalized spacial score (nSPS) is 10.4. The lowest BCUT2D eigenvalue weighted by Crippen LogP contribution is -2.01. The Morgan fingerprint density at radius 2 is 1.22 bits per heavy atom. The van der Waals surface area contributed by atoms with Crippen molar-refractivity contribution in [1.29, 1.82) is 0 Å². The molecule has 0 atom stereocenters. The molecule has 0 heterocycles. The van der Waals surface area contributed by atoms with Gasteiger partial charge in [-0.15, -0.1) is 23.2 Å². The molecule has 0 radical (unpaired) electrons. The summed E-state index contributed by atoms with van der Waals surface area (Å²) in [7, 11) is 0. The number of hydrogen-bond donors (Lipinski definition) is 0. The molecule has 1 aromatic rings. The highest BCUT2D eigenvalue weighted by molar-refractivity contribution is 9.11. The molecule has 0 saturated carbocycles. The molecule has 18 heavy (non-hydrogen) atoms. The van der Waals surface area contributed by atoms with Gasteiger partial charge in [0.25, 0.3) is 0 Å². The highest BCUT2D eigenvalue weighted by Crippen LogP contribution is 2.36. The van der Waals surface area contributed by atoms with Crippen LogP contribution in [0.15, 0.2) is 21.1 Å². The number of halogens is 4. The van der Waals surface area contributed by atoms with Crippen molar-refractivity contribution >= 4 is 55.1 Å². The number of rotatable bonds is 8. The molecule has 0 aliphatic rings. The van der Waals surface area contributed by atoms with Gasteiger partial charge in [0.15, 0.2) is 0 Å². The number of ether oxygens (including phenoxy) is 2. The van der Waals surface area contributed by atoms with E-state index < -0.39 is 0 Å². The van der Waals surface area contributed by atoms with Gasteiger partial charge in [0.1, 0.15) is 11.5 Å². The Hall–Kier alpha value is 0.360. The van der Waals surface area contributed by atoms with Crippen LogP contribution in [0.1, 0.15) is 12.8 Å². The Kier molecular flexibility index (Phi) is 8.47. The summed E-state index contributed by atoms with van der Waals surface area (Å²) < 4.78 is 12.9. The van der Waals surface area contributed by atoms with Gasteiger partial charge in [-0.05, 0) is 56.8 Å². The van der Waals surface area contributed by atoms with E-state index in [2.05, 4.69) is 31.9 Å². The van der Waals surface area contributed by atoms with Crippen LogP contribution in [0.3, 0.4) is 0 Å². The van der Waals surface area contributed by atoms with Crippen LogP contribution in [0.25, 0.3) is 0 Å². The Bertz CT molecular complexity index is 340.